The quantitative estimate of drug-likeness (QED) is 0.687. The minimum Gasteiger partial charge on any atom is -0.376 e. The van der Waals surface area contributed by atoms with Gasteiger partial charge in [0.2, 0.25) is 0 Å². The number of fused-ring (bicyclic) bond motifs is 1. The second-order valence-electron chi connectivity index (χ2n) is 7.37. The van der Waals surface area contributed by atoms with E-state index in [1.54, 1.807) is 12.1 Å². The van der Waals surface area contributed by atoms with Gasteiger partial charge in [0.1, 0.15) is 5.82 Å². The number of carbonyl (C=O) groups is 1. The molecule has 3 heterocycles. The minimum atomic E-state index is -4.54. The van der Waals surface area contributed by atoms with Gasteiger partial charge in [-0.25, -0.2) is 4.68 Å². The molecule has 1 aromatic carbocycles. The van der Waals surface area contributed by atoms with E-state index < -0.39 is 24.2 Å². The van der Waals surface area contributed by atoms with E-state index in [1.807, 2.05) is 0 Å². The molecule has 2 aliphatic rings. The number of aromatic nitrogens is 2. The van der Waals surface area contributed by atoms with Gasteiger partial charge >= 0.3 is 6.18 Å². The minimum absolute atomic E-state index is 0.0775. The van der Waals surface area contributed by atoms with Gasteiger partial charge in [-0.2, -0.15) is 18.3 Å². The predicted molar refractivity (Wildman–Crippen MR) is 106 cm³/mol. The van der Waals surface area contributed by atoms with Crippen molar-refractivity contribution in [3.63, 3.8) is 0 Å². The fourth-order valence-electron chi connectivity index (χ4n) is 3.73. The lowest BCUT2D eigenvalue weighted by molar-refractivity contribution is -0.173. The number of anilines is 1. The van der Waals surface area contributed by atoms with E-state index in [9.17, 15) is 18.0 Å². The summed E-state index contributed by atoms with van der Waals surface area (Å²) >= 11 is 11.9. The van der Waals surface area contributed by atoms with Gasteiger partial charge in [-0.1, -0.05) is 29.3 Å². The topological polar surface area (TPSA) is 68.2 Å². The van der Waals surface area contributed by atoms with Gasteiger partial charge in [0.05, 0.1) is 22.2 Å². The summed E-state index contributed by atoms with van der Waals surface area (Å²) < 4.78 is 47.6. The van der Waals surface area contributed by atoms with E-state index in [4.69, 9.17) is 27.9 Å². The molecule has 1 fully saturated rings. The Kier molecular flexibility index (Phi) is 5.87. The molecule has 1 aromatic heterocycles. The third-order valence-electron chi connectivity index (χ3n) is 5.28. The number of nitrogens with zero attached hydrogens (tertiary/aromatic N) is 2. The first-order valence-electron chi connectivity index (χ1n) is 9.50. The van der Waals surface area contributed by atoms with Gasteiger partial charge in [-0.05, 0) is 30.5 Å². The molecule has 2 aromatic rings. The van der Waals surface area contributed by atoms with Gasteiger partial charge in [-0.15, -0.1) is 0 Å². The zero-order valence-electron chi connectivity index (χ0n) is 15.7. The second-order valence-corrected chi connectivity index (χ2v) is 8.18. The van der Waals surface area contributed by atoms with Crippen molar-refractivity contribution in [3.05, 3.63) is 45.6 Å². The van der Waals surface area contributed by atoms with Crippen LogP contribution >= 0.6 is 23.2 Å². The number of ether oxygens (including phenoxy) is 1. The lowest BCUT2D eigenvalue weighted by Gasteiger charge is -2.33. The maximum atomic E-state index is 13.8. The smallest absolute Gasteiger partial charge is 0.376 e. The van der Waals surface area contributed by atoms with Crippen LogP contribution in [-0.4, -0.2) is 41.1 Å². The number of benzene rings is 1. The highest BCUT2D eigenvalue weighted by atomic mass is 35.5. The van der Waals surface area contributed by atoms with Gasteiger partial charge in [-0.3, -0.25) is 4.79 Å². The van der Waals surface area contributed by atoms with Crippen LogP contribution in [0.5, 0.6) is 0 Å². The first kappa shape index (κ1) is 21.3. The van der Waals surface area contributed by atoms with Crippen LogP contribution in [0.3, 0.4) is 0 Å². The molecule has 0 aliphatic carbocycles. The molecule has 30 heavy (non-hydrogen) atoms. The number of halogens is 5. The number of alkyl halides is 3. The largest absolute Gasteiger partial charge is 0.410 e. The van der Waals surface area contributed by atoms with Gasteiger partial charge in [0.15, 0.2) is 11.7 Å². The Morgan fingerprint density at radius 2 is 2.10 bits per heavy atom. The van der Waals surface area contributed by atoms with E-state index in [0.717, 1.165) is 17.5 Å². The lowest BCUT2D eigenvalue weighted by Crippen LogP contribution is -2.36. The number of amides is 1. The van der Waals surface area contributed by atoms with E-state index in [1.165, 1.54) is 12.1 Å². The van der Waals surface area contributed by atoms with Gasteiger partial charge in [0, 0.05) is 25.6 Å². The Labute approximate surface area is 180 Å². The second kappa shape index (κ2) is 8.28. The van der Waals surface area contributed by atoms with E-state index in [-0.39, 0.29) is 29.1 Å². The fourth-order valence-corrected chi connectivity index (χ4v) is 4.04. The monoisotopic (exact) mass is 462 g/mol. The third kappa shape index (κ3) is 4.38. The SMILES string of the molecule is O=C(NC[C@@H]1CCCO1)c1cc2n(n1)[C@H](C(F)(F)F)C[C@@H](c1ccc(Cl)c(Cl)c1)N2. The standard InChI is InChI=1S/C19H19Cl2F3N4O2/c20-12-4-3-10(6-13(12)21)14-7-16(19(22,23)24)28-17(26-14)8-15(27-28)18(29)25-9-11-2-1-5-30-11/h3-4,6,8,11,14,16,26H,1-2,5,7,9H2,(H,25,29)/t11-,14-,16-/m0/s1. The Bertz CT molecular complexity index is 944. The highest BCUT2D eigenvalue weighted by molar-refractivity contribution is 6.42. The number of rotatable bonds is 4. The van der Waals surface area contributed by atoms with Crippen molar-refractivity contribution in [1.29, 1.82) is 0 Å². The number of hydrogen-bond donors (Lipinski definition) is 2. The van der Waals surface area contributed by atoms with Crippen molar-refractivity contribution in [3.8, 4) is 0 Å². The first-order valence-corrected chi connectivity index (χ1v) is 10.3. The molecule has 11 heteroatoms. The van der Waals surface area contributed by atoms with Crippen molar-refractivity contribution in [2.24, 2.45) is 0 Å². The molecule has 4 rings (SSSR count). The van der Waals surface area contributed by atoms with Crippen LogP contribution < -0.4 is 10.6 Å². The average Bonchev–Trinajstić information content (AvgIpc) is 3.36. The molecule has 162 valence electrons. The van der Waals surface area contributed by atoms with Crippen LogP contribution in [0.1, 0.15) is 47.4 Å². The Balaban J connectivity index is 1.58. The van der Waals surface area contributed by atoms with Crippen LogP contribution in [-0.2, 0) is 4.74 Å². The maximum Gasteiger partial charge on any atom is 0.410 e. The van der Waals surface area contributed by atoms with E-state index in [0.29, 0.717) is 23.7 Å². The third-order valence-corrected chi connectivity index (χ3v) is 6.02. The molecule has 2 N–H and O–H groups in total. The average molecular weight is 463 g/mol. The zero-order valence-corrected chi connectivity index (χ0v) is 17.2. The molecular formula is C19H19Cl2F3N4O2. The summed E-state index contributed by atoms with van der Waals surface area (Å²) in [6, 6.07) is 3.48. The normalized spacial score (nSPS) is 23.7. The number of carbonyl (C=O) groups excluding carboxylic acids is 1. The summed E-state index contributed by atoms with van der Waals surface area (Å²) in [5, 5.41) is 10.2. The molecule has 1 saturated heterocycles. The van der Waals surface area contributed by atoms with Crippen LogP contribution in [0.4, 0.5) is 19.0 Å². The number of hydrogen-bond acceptors (Lipinski definition) is 4. The molecule has 0 bridgehead atoms. The molecule has 3 atom stereocenters. The van der Waals surface area contributed by atoms with Crippen LogP contribution in [0.25, 0.3) is 0 Å². The van der Waals surface area contributed by atoms with Crippen LogP contribution in [0, 0.1) is 0 Å². The van der Waals surface area contributed by atoms with Gasteiger partial charge in [0.25, 0.3) is 5.91 Å². The lowest BCUT2D eigenvalue weighted by atomic mass is 9.97. The first-order chi connectivity index (χ1) is 14.2. The predicted octanol–water partition coefficient (Wildman–Crippen LogP) is 4.76. The summed E-state index contributed by atoms with van der Waals surface area (Å²) in [5.41, 5.74) is 0.481. The Hall–Kier alpha value is -1.97. The zero-order chi connectivity index (χ0) is 21.5. The summed E-state index contributed by atoms with van der Waals surface area (Å²) in [7, 11) is 0. The van der Waals surface area contributed by atoms with Crippen LogP contribution in [0.2, 0.25) is 10.0 Å². The Morgan fingerprint density at radius 3 is 2.77 bits per heavy atom. The van der Waals surface area contributed by atoms with Crippen molar-refractivity contribution in [2.45, 2.75) is 43.6 Å². The number of nitrogens with one attached hydrogen (secondary N) is 2. The summed E-state index contributed by atoms with van der Waals surface area (Å²) in [6.45, 7) is 0.940. The van der Waals surface area contributed by atoms with Crippen molar-refractivity contribution in [1.82, 2.24) is 15.1 Å². The Morgan fingerprint density at radius 1 is 1.30 bits per heavy atom. The van der Waals surface area contributed by atoms with Crippen molar-refractivity contribution >= 4 is 34.9 Å². The maximum absolute atomic E-state index is 13.8. The summed E-state index contributed by atoms with van der Waals surface area (Å²) in [6.07, 6.45) is -3.16. The highest BCUT2D eigenvalue weighted by Crippen LogP contribution is 2.44. The summed E-state index contributed by atoms with van der Waals surface area (Å²) in [4.78, 5) is 12.4. The van der Waals surface area contributed by atoms with Crippen LogP contribution in [0.15, 0.2) is 24.3 Å². The molecular weight excluding hydrogens is 444 g/mol. The molecule has 2 aliphatic heterocycles. The fraction of sp³-hybridized carbons (Fsp3) is 0.474. The van der Waals surface area contributed by atoms with Crippen molar-refractivity contribution < 1.29 is 22.7 Å². The van der Waals surface area contributed by atoms with Crippen molar-refractivity contribution in [2.75, 3.05) is 18.5 Å². The van der Waals surface area contributed by atoms with E-state index in [2.05, 4.69) is 15.7 Å². The summed E-state index contributed by atoms with van der Waals surface area (Å²) in [5.74, 6) is -0.428. The molecule has 0 unspecified atom stereocenters. The molecule has 6 nitrogen and oxygen atoms in total. The molecule has 0 radical (unpaired) electrons. The highest BCUT2D eigenvalue weighted by Gasteiger charge is 2.46. The molecule has 0 saturated carbocycles. The van der Waals surface area contributed by atoms with Gasteiger partial charge < -0.3 is 15.4 Å². The van der Waals surface area contributed by atoms with E-state index >= 15 is 0 Å². The molecule has 0 spiro atoms. The molecule has 1 amide bonds.